The van der Waals surface area contributed by atoms with Gasteiger partial charge in [-0.1, -0.05) is 0 Å². The van der Waals surface area contributed by atoms with E-state index in [1.807, 2.05) is 4.90 Å². The van der Waals surface area contributed by atoms with Crippen molar-refractivity contribution in [2.45, 2.75) is 25.6 Å². The molecule has 3 aromatic rings. The molecule has 1 fully saturated rings. The summed E-state index contributed by atoms with van der Waals surface area (Å²) in [7, 11) is 0. The van der Waals surface area contributed by atoms with Gasteiger partial charge in [-0.25, -0.2) is 4.98 Å². The molecule has 31 heavy (non-hydrogen) atoms. The lowest BCUT2D eigenvalue weighted by Crippen LogP contribution is -2.23. The summed E-state index contributed by atoms with van der Waals surface area (Å²) in [5.41, 5.74) is 2.12. The number of alkyl halides is 2. The van der Waals surface area contributed by atoms with Crippen LogP contribution in [0.5, 0.6) is 5.75 Å². The molecule has 3 heterocycles. The highest BCUT2D eigenvalue weighted by atomic mass is 19.3. The molecule has 1 aromatic carbocycles. The van der Waals surface area contributed by atoms with Crippen molar-refractivity contribution in [3.8, 4) is 17.0 Å². The number of hydrogen-bond acceptors (Lipinski definition) is 6. The molecule has 0 radical (unpaired) electrons. The Hall–Kier alpha value is -3.53. The van der Waals surface area contributed by atoms with Crippen LogP contribution >= 0.6 is 0 Å². The molecule has 1 saturated heterocycles. The summed E-state index contributed by atoms with van der Waals surface area (Å²) in [6.07, 6.45) is 0.0141. The maximum atomic E-state index is 12.9. The molecule has 1 unspecified atom stereocenters. The van der Waals surface area contributed by atoms with E-state index in [9.17, 15) is 18.7 Å². The largest absolute Gasteiger partial charge is 0.433 e. The molecule has 1 amide bonds. The second-order valence-electron chi connectivity index (χ2n) is 7.34. The second-order valence-corrected chi connectivity index (χ2v) is 7.34. The number of aromatic nitrogens is 3. The molecule has 0 saturated carbocycles. The quantitative estimate of drug-likeness (QED) is 0.556. The first kappa shape index (κ1) is 20.7. The number of aromatic amines is 1. The number of β-amino-alcohol motifs (C(OH)–C–C–N with tert-alkyl or cyclic N) is 1. The number of rotatable bonds is 6. The normalized spacial score (nSPS) is 16.4. The molecule has 0 bridgehead atoms. The van der Waals surface area contributed by atoms with E-state index in [4.69, 9.17) is 0 Å². The summed E-state index contributed by atoms with van der Waals surface area (Å²) in [6, 6.07) is 9.12. The first-order valence-corrected chi connectivity index (χ1v) is 9.69. The Morgan fingerprint density at radius 3 is 2.71 bits per heavy atom. The summed E-state index contributed by atoms with van der Waals surface area (Å²) in [6.45, 7) is 1.77. The van der Waals surface area contributed by atoms with Gasteiger partial charge in [0.05, 0.1) is 17.4 Å². The van der Waals surface area contributed by atoms with Crippen LogP contribution in [0.25, 0.3) is 11.3 Å². The van der Waals surface area contributed by atoms with Crippen LogP contribution in [-0.4, -0.2) is 51.5 Å². The monoisotopic (exact) mass is 429 g/mol. The van der Waals surface area contributed by atoms with E-state index in [0.717, 1.165) is 0 Å². The third-order valence-corrected chi connectivity index (χ3v) is 4.79. The summed E-state index contributed by atoms with van der Waals surface area (Å²) in [4.78, 5) is 19.2. The van der Waals surface area contributed by atoms with Crippen LogP contribution in [0, 0.1) is 0 Å². The van der Waals surface area contributed by atoms with Gasteiger partial charge in [-0.15, -0.1) is 0 Å². The van der Waals surface area contributed by atoms with Crippen molar-refractivity contribution in [3.63, 3.8) is 0 Å². The van der Waals surface area contributed by atoms with Crippen LogP contribution in [0.1, 0.15) is 23.7 Å². The maximum Gasteiger partial charge on any atom is 0.394 e. The standard InChI is InChI=1S/C21H21F2N5O3/c1-21(22,23)31-16-4-2-14(3-5-16)26-20(30)13-10-17(18-6-8-25-27-18)19(24-11-13)28-9-7-15(29)12-28/h2-6,8,10-11,15,29H,7,9,12H2,1H3,(H,25,27)(H,26,30). The van der Waals surface area contributed by atoms with Gasteiger partial charge in [0.25, 0.3) is 5.91 Å². The molecule has 0 spiro atoms. The highest BCUT2D eigenvalue weighted by Crippen LogP contribution is 2.31. The zero-order chi connectivity index (χ0) is 22.0. The van der Waals surface area contributed by atoms with Crippen molar-refractivity contribution in [2.75, 3.05) is 23.3 Å². The number of carbonyl (C=O) groups excluding carboxylic acids is 1. The Bertz CT molecular complexity index is 1050. The number of benzene rings is 1. The van der Waals surface area contributed by atoms with Crippen LogP contribution in [0.3, 0.4) is 0 Å². The van der Waals surface area contributed by atoms with Crippen molar-refractivity contribution in [1.29, 1.82) is 0 Å². The van der Waals surface area contributed by atoms with E-state index < -0.39 is 18.1 Å². The Morgan fingerprint density at radius 1 is 1.32 bits per heavy atom. The number of aliphatic hydroxyl groups excluding tert-OH is 1. The van der Waals surface area contributed by atoms with Crippen molar-refractivity contribution in [3.05, 3.63) is 54.4 Å². The molecular formula is C21H21F2N5O3. The number of amides is 1. The Balaban J connectivity index is 1.55. The Morgan fingerprint density at radius 2 is 2.10 bits per heavy atom. The lowest BCUT2D eigenvalue weighted by molar-refractivity contribution is -0.158. The molecular weight excluding hydrogens is 408 g/mol. The minimum absolute atomic E-state index is 0.00847. The van der Waals surface area contributed by atoms with Gasteiger partial charge in [0.1, 0.15) is 11.6 Å². The van der Waals surface area contributed by atoms with Crippen molar-refractivity contribution in [1.82, 2.24) is 15.2 Å². The fourth-order valence-electron chi connectivity index (χ4n) is 3.39. The van der Waals surface area contributed by atoms with E-state index in [0.29, 0.717) is 54.8 Å². The third-order valence-electron chi connectivity index (χ3n) is 4.79. The van der Waals surface area contributed by atoms with Gasteiger partial charge in [-0.2, -0.15) is 13.9 Å². The fourth-order valence-corrected chi connectivity index (χ4v) is 3.39. The molecule has 1 aliphatic rings. The van der Waals surface area contributed by atoms with Gasteiger partial charge in [-0.3, -0.25) is 9.89 Å². The lowest BCUT2D eigenvalue weighted by Gasteiger charge is -2.20. The first-order chi connectivity index (χ1) is 14.8. The Kier molecular flexibility index (Phi) is 5.55. The molecule has 8 nitrogen and oxygen atoms in total. The zero-order valence-corrected chi connectivity index (χ0v) is 16.7. The lowest BCUT2D eigenvalue weighted by atomic mass is 10.1. The second kappa shape index (κ2) is 8.31. The fraction of sp³-hybridized carbons (Fsp3) is 0.286. The summed E-state index contributed by atoms with van der Waals surface area (Å²) >= 11 is 0. The highest BCUT2D eigenvalue weighted by molar-refractivity contribution is 6.05. The molecule has 4 rings (SSSR count). The molecule has 0 aliphatic carbocycles. The Labute approximate surface area is 176 Å². The number of anilines is 2. The summed E-state index contributed by atoms with van der Waals surface area (Å²) < 4.78 is 30.4. The average Bonchev–Trinajstić information content (AvgIpc) is 3.40. The van der Waals surface area contributed by atoms with Crippen LogP contribution in [-0.2, 0) is 0 Å². The SMILES string of the molecule is CC(F)(F)Oc1ccc(NC(=O)c2cnc(N3CCC(O)C3)c(-c3ccn[nH]3)c2)cc1. The van der Waals surface area contributed by atoms with Crippen LogP contribution in [0.2, 0.25) is 0 Å². The summed E-state index contributed by atoms with van der Waals surface area (Å²) in [5, 5.41) is 19.4. The molecule has 162 valence electrons. The minimum Gasteiger partial charge on any atom is -0.433 e. The van der Waals surface area contributed by atoms with E-state index >= 15 is 0 Å². The number of carbonyl (C=O) groups is 1. The van der Waals surface area contributed by atoms with E-state index in [1.165, 1.54) is 30.5 Å². The number of nitrogens with one attached hydrogen (secondary N) is 2. The summed E-state index contributed by atoms with van der Waals surface area (Å²) in [5.74, 6) is 0.237. The van der Waals surface area contributed by atoms with Crippen molar-refractivity contribution in [2.24, 2.45) is 0 Å². The van der Waals surface area contributed by atoms with Gasteiger partial charge in [0.15, 0.2) is 0 Å². The first-order valence-electron chi connectivity index (χ1n) is 9.69. The number of ether oxygens (including phenoxy) is 1. The highest BCUT2D eigenvalue weighted by Gasteiger charge is 2.25. The number of pyridine rings is 1. The number of hydrogen-bond donors (Lipinski definition) is 3. The van der Waals surface area contributed by atoms with Gasteiger partial charge in [0.2, 0.25) is 0 Å². The molecule has 1 aliphatic heterocycles. The molecule has 2 aromatic heterocycles. The van der Waals surface area contributed by atoms with E-state index in [1.54, 1.807) is 18.3 Å². The van der Waals surface area contributed by atoms with Gasteiger partial charge in [-0.05, 0) is 42.8 Å². The predicted molar refractivity (Wildman–Crippen MR) is 110 cm³/mol. The van der Waals surface area contributed by atoms with Gasteiger partial charge in [0, 0.05) is 43.7 Å². The van der Waals surface area contributed by atoms with E-state index in [-0.39, 0.29) is 5.75 Å². The van der Waals surface area contributed by atoms with Crippen LogP contribution in [0.4, 0.5) is 20.3 Å². The minimum atomic E-state index is -3.29. The maximum absolute atomic E-state index is 12.9. The van der Waals surface area contributed by atoms with E-state index in [2.05, 4.69) is 25.2 Å². The van der Waals surface area contributed by atoms with Crippen LogP contribution in [0.15, 0.2) is 48.8 Å². The molecule has 3 N–H and O–H groups in total. The molecule has 10 heteroatoms. The zero-order valence-electron chi connectivity index (χ0n) is 16.7. The van der Waals surface area contributed by atoms with Crippen LogP contribution < -0.4 is 15.0 Å². The average molecular weight is 429 g/mol. The number of H-pyrrole nitrogens is 1. The molecule has 1 atom stereocenters. The number of nitrogens with zero attached hydrogens (tertiary/aromatic N) is 3. The third kappa shape index (κ3) is 4.97. The number of aliphatic hydroxyl groups is 1. The van der Waals surface area contributed by atoms with Crippen molar-refractivity contribution >= 4 is 17.4 Å². The van der Waals surface area contributed by atoms with Gasteiger partial charge < -0.3 is 20.1 Å². The van der Waals surface area contributed by atoms with Gasteiger partial charge >= 0.3 is 6.11 Å². The number of halogens is 2. The van der Waals surface area contributed by atoms with Crippen molar-refractivity contribution < 1.29 is 23.4 Å². The topological polar surface area (TPSA) is 103 Å². The smallest absolute Gasteiger partial charge is 0.394 e. The predicted octanol–water partition coefficient (Wildman–Crippen LogP) is 3.29.